The highest BCUT2D eigenvalue weighted by Gasteiger charge is 2.30. The van der Waals surface area contributed by atoms with Crippen molar-refractivity contribution in [2.24, 2.45) is 22.2 Å². The minimum atomic E-state index is -1.31. The molecule has 4 unspecified atom stereocenters. The molecule has 3 aromatic rings. The highest BCUT2D eigenvalue weighted by molar-refractivity contribution is 7.80. The van der Waals surface area contributed by atoms with E-state index in [9.17, 15) is 29.4 Å². The molecular formula is C29H38N8O6S. The number of carboxylic acid groups (broad SMARTS) is 1. The number of phenolic OH excluding ortho intramolecular Hbond substituents is 1. The van der Waals surface area contributed by atoms with E-state index < -0.39 is 47.9 Å². The van der Waals surface area contributed by atoms with Crippen LogP contribution in [0.1, 0.15) is 24.0 Å². The number of nitrogens with one attached hydrogen (secondary N) is 4. The lowest BCUT2D eigenvalue weighted by atomic mass is 10.0. The first-order valence-corrected chi connectivity index (χ1v) is 14.5. The molecule has 0 aliphatic heterocycles. The Hall–Kier alpha value is -4.76. The Morgan fingerprint density at radius 1 is 0.886 bits per heavy atom. The molecule has 0 fully saturated rings. The van der Waals surface area contributed by atoms with E-state index >= 15 is 0 Å². The van der Waals surface area contributed by atoms with Gasteiger partial charge in [-0.05, 0) is 42.2 Å². The number of hydrogen-bond donors (Lipinski definition) is 10. The van der Waals surface area contributed by atoms with Gasteiger partial charge in [-0.3, -0.25) is 19.4 Å². The Morgan fingerprint density at radius 2 is 1.52 bits per heavy atom. The van der Waals surface area contributed by atoms with E-state index in [1.54, 1.807) is 18.3 Å². The number of fused-ring (bicyclic) bond motifs is 1. The molecular weight excluding hydrogens is 588 g/mol. The largest absolute Gasteiger partial charge is 0.508 e. The molecule has 12 N–H and O–H groups in total. The number of phenols is 1. The van der Waals surface area contributed by atoms with Gasteiger partial charge in [-0.2, -0.15) is 12.6 Å². The minimum Gasteiger partial charge on any atom is -0.508 e. The fourth-order valence-corrected chi connectivity index (χ4v) is 4.72. The first-order chi connectivity index (χ1) is 21.0. The quantitative estimate of drug-likeness (QED) is 0.0425. The van der Waals surface area contributed by atoms with Gasteiger partial charge < -0.3 is 48.3 Å². The number of aliphatic imine (C=N–C) groups is 1. The number of guanidine groups is 1. The number of carboxylic acids is 1. The Labute approximate surface area is 259 Å². The predicted molar refractivity (Wildman–Crippen MR) is 169 cm³/mol. The molecule has 0 saturated heterocycles. The van der Waals surface area contributed by atoms with Gasteiger partial charge in [0.1, 0.15) is 23.9 Å². The molecule has 0 bridgehead atoms. The van der Waals surface area contributed by atoms with E-state index in [0.717, 1.165) is 16.5 Å². The van der Waals surface area contributed by atoms with Gasteiger partial charge in [-0.1, -0.05) is 30.3 Å². The zero-order valence-corrected chi connectivity index (χ0v) is 24.8. The van der Waals surface area contributed by atoms with Crippen molar-refractivity contribution in [1.82, 2.24) is 20.9 Å². The molecule has 0 aliphatic rings. The number of amides is 3. The molecule has 236 valence electrons. The van der Waals surface area contributed by atoms with E-state index in [1.807, 2.05) is 24.3 Å². The monoisotopic (exact) mass is 626 g/mol. The fourth-order valence-electron chi connectivity index (χ4n) is 4.47. The molecule has 2 aromatic carbocycles. The minimum absolute atomic E-state index is 0.0173. The van der Waals surface area contributed by atoms with Gasteiger partial charge in [0.25, 0.3) is 0 Å². The molecule has 0 aliphatic carbocycles. The molecule has 0 saturated carbocycles. The number of carbonyl (C=O) groups excluding carboxylic acids is 3. The van der Waals surface area contributed by atoms with Gasteiger partial charge in [0, 0.05) is 42.2 Å². The summed E-state index contributed by atoms with van der Waals surface area (Å²) >= 11 is 4.19. The molecule has 0 spiro atoms. The third-order valence-corrected chi connectivity index (χ3v) is 7.21. The van der Waals surface area contributed by atoms with Crippen LogP contribution in [0.5, 0.6) is 5.75 Å². The average Bonchev–Trinajstić information content (AvgIpc) is 3.40. The van der Waals surface area contributed by atoms with Gasteiger partial charge in [-0.25, -0.2) is 4.79 Å². The summed E-state index contributed by atoms with van der Waals surface area (Å²) in [5.74, 6) is -3.53. The van der Waals surface area contributed by atoms with Crippen molar-refractivity contribution in [3.63, 3.8) is 0 Å². The number of H-pyrrole nitrogens is 1. The number of benzene rings is 2. The van der Waals surface area contributed by atoms with Gasteiger partial charge in [-0.15, -0.1) is 0 Å². The van der Waals surface area contributed by atoms with Crippen LogP contribution in [0, 0.1) is 0 Å². The molecule has 14 nitrogen and oxygen atoms in total. The summed E-state index contributed by atoms with van der Waals surface area (Å²) in [7, 11) is 0. The molecule has 15 heteroatoms. The standard InChI is InChI=1S/C29H38N8O6S/c30-20(5-3-11-33-29(31)32)25(39)35-22(13-17-14-34-21-6-2-1-4-19(17)21)26(40)37-24(15-44)27(41)36-23(28(42)43)12-16-7-9-18(38)10-8-16/h1-2,4,6-10,14,20,22-24,34,38,44H,3,5,11-13,15,30H2,(H,35,39)(H,36,41)(H,37,40)(H,42,43)(H4,31,32,33). The Morgan fingerprint density at radius 3 is 2.18 bits per heavy atom. The van der Waals surface area contributed by atoms with Crippen molar-refractivity contribution in [1.29, 1.82) is 0 Å². The van der Waals surface area contributed by atoms with Gasteiger partial charge in [0.05, 0.1) is 6.04 Å². The fraction of sp³-hybridized carbons (Fsp3) is 0.345. The van der Waals surface area contributed by atoms with Crippen molar-refractivity contribution in [2.75, 3.05) is 12.3 Å². The predicted octanol–water partition coefficient (Wildman–Crippen LogP) is -0.492. The van der Waals surface area contributed by atoms with E-state index in [2.05, 4.69) is 38.6 Å². The van der Waals surface area contributed by atoms with Crippen LogP contribution in [0.25, 0.3) is 10.9 Å². The third kappa shape index (κ3) is 9.91. The maximum absolute atomic E-state index is 13.5. The van der Waals surface area contributed by atoms with Crippen molar-refractivity contribution in [3.05, 3.63) is 65.9 Å². The summed E-state index contributed by atoms with van der Waals surface area (Å²) in [6.45, 7) is 0.283. The molecule has 44 heavy (non-hydrogen) atoms. The Balaban J connectivity index is 1.73. The van der Waals surface area contributed by atoms with Crippen molar-refractivity contribution in [3.8, 4) is 5.75 Å². The normalized spacial score (nSPS) is 13.7. The van der Waals surface area contributed by atoms with Crippen LogP contribution in [0.3, 0.4) is 0 Å². The van der Waals surface area contributed by atoms with Crippen LogP contribution in [-0.4, -0.2) is 81.3 Å². The van der Waals surface area contributed by atoms with Crippen LogP contribution in [-0.2, 0) is 32.0 Å². The van der Waals surface area contributed by atoms with Crippen LogP contribution in [0.2, 0.25) is 0 Å². The zero-order valence-electron chi connectivity index (χ0n) is 23.9. The number of para-hydroxylation sites is 1. The molecule has 3 rings (SSSR count). The number of nitrogens with two attached hydrogens (primary N) is 3. The van der Waals surface area contributed by atoms with Gasteiger partial charge in [0.15, 0.2) is 5.96 Å². The SMILES string of the molecule is NC(N)=NCCCC(N)C(=O)NC(Cc1c[nH]c2ccccc12)C(=O)NC(CS)C(=O)NC(Cc1ccc(O)cc1)C(=O)O. The summed E-state index contributed by atoms with van der Waals surface area (Å²) in [5.41, 5.74) is 18.9. The van der Waals surface area contributed by atoms with Crippen molar-refractivity contribution < 1.29 is 29.4 Å². The molecule has 4 atom stereocenters. The number of rotatable bonds is 16. The molecule has 1 heterocycles. The topological polar surface area (TPSA) is 251 Å². The summed E-state index contributed by atoms with van der Waals surface area (Å²) in [4.78, 5) is 58.5. The summed E-state index contributed by atoms with van der Waals surface area (Å²) in [6, 6.07) is 8.72. The Kier molecular flexibility index (Phi) is 12.4. The molecule has 3 amide bonds. The maximum atomic E-state index is 13.5. The molecule has 1 aromatic heterocycles. The lowest BCUT2D eigenvalue weighted by Gasteiger charge is -2.24. The van der Waals surface area contributed by atoms with Crippen LogP contribution >= 0.6 is 12.6 Å². The lowest BCUT2D eigenvalue weighted by Crippen LogP contribution is -2.58. The second kappa shape index (κ2) is 16.2. The number of aromatic nitrogens is 1. The van der Waals surface area contributed by atoms with Crippen LogP contribution in [0.15, 0.2) is 59.7 Å². The van der Waals surface area contributed by atoms with Gasteiger partial charge in [0.2, 0.25) is 17.7 Å². The zero-order chi connectivity index (χ0) is 32.2. The Bertz CT molecular complexity index is 1470. The first-order valence-electron chi connectivity index (χ1n) is 13.9. The first kappa shape index (κ1) is 33.7. The number of thiol groups is 1. The lowest BCUT2D eigenvalue weighted by molar-refractivity contribution is -0.142. The van der Waals surface area contributed by atoms with Crippen molar-refractivity contribution >= 4 is 53.2 Å². The van der Waals surface area contributed by atoms with Crippen molar-refractivity contribution in [2.45, 2.75) is 49.9 Å². The number of carbonyl (C=O) groups is 4. The number of hydrogen-bond acceptors (Lipinski definition) is 8. The summed E-state index contributed by atoms with van der Waals surface area (Å²) in [5, 5.41) is 27.7. The van der Waals surface area contributed by atoms with E-state index in [-0.39, 0.29) is 43.3 Å². The highest BCUT2D eigenvalue weighted by Crippen LogP contribution is 2.19. The molecule has 0 radical (unpaired) electrons. The summed E-state index contributed by atoms with van der Waals surface area (Å²) < 4.78 is 0. The number of aliphatic carboxylic acids is 1. The van der Waals surface area contributed by atoms with E-state index in [0.29, 0.717) is 12.0 Å². The highest BCUT2D eigenvalue weighted by atomic mass is 32.1. The number of nitrogens with zero attached hydrogens (tertiary/aromatic N) is 1. The summed E-state index contributed by atoms with van der Waals surface area (Å²) in [6.07, 6.45) is 2.43. The average molecular weight is 627 g/mol. The second-order valence-corrected chi connectivity index (χ2v) is 10.6. The third-order valence-electron chi connectivity index (χ3n) is 6.84. The van der Waals surface area contributed by atoms with E-state index in [4.69, 9.17) is 17.2 Å². The van der Waals surface area contributed by atoms with Gasteiger partial charge >= 0.3 is 5.97 Å². The van der Waals surface area contributed by atoms with Crippen LogP contribution in [0.4, 0.5) is 0 Å². The maximum Gasteiger partial charge on any atom is 0.326 e. The number of aromatic hydroxyl groups is 1. The van der Waals surface area contributed by atoms with Crippen LogP contribution < -0.4 is 33.2 Å². The van der Waals surface area contributed by atoms with E-state index in [1.165, 1.54) is 12.1 Å². The second-order valence-electron chi connectivity index (χ2n) is 10.2. The smallest absolute Gasteiger partial charge is 0.326 e. The number of aromatic amines is 1.